The maximum atomic E-state index is 13.3. The summed E-state index contributed by atoms with van der Waals surface area (Å²) in [5.74, 6) is 0.0163. The minimum absolute atomic E-state index is 0.238. The van der Waals surface area contributed by atoms with Crippen molar-refractivity contribution in [3.63, 3.8) is 0 Å². The number of para-hydroxylation sites is 1. The number of rotatable bonds is 6. The molecule has 0 heterocycles. The van der Waals surface area contributed by atoms with Gasteiger partial charge in [-0.3, -0.25) is 0 Å². The first-order valence-corrected chi connectivity index (χ1v) is 7.87. The molecule has 0 fully saturated rings. The van der Waals surface area contributed by atoms with Crippen LogP contribution in [0.5, 0.6) is 5.75 Å². The third-order valence-electron chi connectivity index (χ3n) is 3.37. The number of alkyl halides is 1. The van der Waals surface area contributed by atoms with E-state index in [1.54, 1.807) is 7.11 Å². The van der Waals surface area contributed by atoms with Crippen LogP contribution in [0.3, 0.4) is 0 Å². The highest BCUT2D eigenvalue weighted by atomic mass is 79.9. The molecule has 4 heteroatoms. The van der Waals surface area contributed by atoms with Crippen molar-refractivity contribution in [2.75, 3.05) is 12.4 Å². The average molecular weight is 355 g/mol. The van der Waals surface area contributed by atoms with Gasteiger partial charge in [0.05, 0.1) is 7.11 Å². The highest BCUT2D eigenvalue weighted by Crippen LogP contribution is 2.24. The minimum Gasteiger partial charge on any atom is -0.496 e. The van der Waals surface area contributed by atoms with E-state index >= 15 is 0 Å². The zero-order valence-corrected chi connectivity index (χ0v) is 13.4. The second-order valence-electron chi connectivity index (χ2n) is 5.02. The van der Waals surface area contributed by atoms with E-state index in [4.69, 9.17) is 4.74 Å². The van der Waals surface area contributed by atoms with Crippen molar-refractivity contribution in [1.29, 1.82) is 0 Å². The third-order valence-corrected chi connectivity index (χ3v) is 4.28. The fraction of sp³-hybridized carbons (Fsp3) is 0.294. The predicted molar refractivity (Wildman–Crippen MR) is 84.0 cm³/mol. The van der Waals surface area contributed by atoms with Crippen LogP contribution in [-0.2, 0) is 12.8 Å². The summed E-state index contributed by atoms with van der Waals surface area (Å²) in [5.41, 5.74) is 1.77. The first-order valence-electron chi connectivity index (χ1n) is 6.75. The van der Waals surface area contributed by atoms with Crippen LogP contribution < -0.4 is 4.74 Å². The Balaban J connectivity index is 2.13. The Morgan fingerprint density at radius 2 is 1.71 bits per heavy atom. The van der Waals surface area contributed by atoms with Gasteiger partial charge < -0.3 is 4.74 Å². The van der Waals surface area contributed by atoms with E-state index in [1.807, 2.05) is 24.3 Å². The Kier molecular flexibility index (Phi) is 5.74. The number of hydrogen-bond donors (Lipinski definition) is 0. The molecule has 0 N–H and O–H groups in total. The quantitative estimate of drug-likeness (QED) is 0.679. The van der Waals surface area contributed by atoms with Crippen molar-refractivity contribution in [1.82, 2.24) is 0 Å². The van der Waals surface area contributed by atoms with Gasteiger partial charge in [-0.1, -0.05) is 34.1 Å². The van der Waals surface area contributed by atoms with Crippen LogP contribution >= 0.6 is 15.9 Å². The van der Waals surface area contributed by atoms with Crippen LogP contribution in [0.15, 0.2) is 42.5 Å². The van der Waals surface area contributed by atoms with E-state index in [2.05, 4.69) is 15.9 Å². The lowest BCUT2D eigenvalue weighted by Gasteiger charge is -2.16. The van der Waals surface area contributed by atoms with Crippen molar-refractivity contribution in [2.45, 2.75) is 12.8 Å². The molecule has 112 valence electrons. The van der Waals surface area contributed by atoms with Crippen LogP contribution in [-0.4, -0.2) is 12.4 Å². The molecule has 0 aliphatic carbocycles. The van der Waals surface area contributed by atoms with Gasteiger partial charge in [-0.15, -0.1) is 0 Å². The summed E-state index contributed by atoms with van der Waals surface area (Å²) in [7, 11) is 1.64. The van der Waals surface area contributed by atoms with E-state index < -0.39 is 11.6 Å². The van der Waals surface area contributed by atoms with E-state index in [9.17, 15) is 8.78 Å². The van der Waals surface area contributed by atoms with Crippen LogP contribution in [0, 0.1) is 17.6 Å². The second kappa shape index (κ2) is 7.55. The molecule has 0 bridgehead atoms. The van der Waals surface area contributed by atoms with Crippen molar-refractivity contribution < 1.29 is 13.5 Å². The summed E-state index contributed by atoms with van der Waals surface area (Å²) < 4.78 is 31.9. The average Bonchev–Trinajstić information content (AvgIpc) is 2.46. The number of benzene rings is 2. The molecule has 0 aliphatic rings. The van der Waals surface area contributed by atoms with Crippen molar-refractivity contribution in [3.8, 4) is 5.75 Å². The molecule has 2 aromatic carbocycles. The molecule has 0 radical (unpaired) electrons. The summed E-state index contributed by atoms with van der Waals surface area (Å²) in [6, 6.07) is 11.5. The van der Waals surface area contributed by atoms with Crippen LogP contribution in [0.2, 0.25) is 0 Å². The van der Waals surface area contributed by atoms with E-state index in [0.717, 1.165) is 29.1 Å². The Morgan fingerprint density at radius 3 is 2.33 bits per heavy atom. The standard InChI is InChI=1S/C17H17BrF2O/c1-21-17-5-3-2-4-14(17)7-13(11-18)6-12-8-15(19)10-16(20)9-12/h2-5,8-10,13H,6-7,11H2,1H3. The summed E-state index contributed by atoms with van der Waals surface area (Å²) in [5, 5.41) is 0.753. The Morgan fingerprint density at radius 1 is 1.05 bits per heavy atom. The Labute approximate surface area is 132 Å². The normalized spacial score (nSPS) is 12.2. The molecule has 1 nitrogen and oxygen atoms in total. The fourth-order valence-corrected chi connectivity index (χ4v) is 2.88. The van der Waals surface area contributed by atoms with Crippen LogP contribution in [0.1, 0.15) is 11.1 Å². The number of hydrogen-bond acceptors (Lipinski definition) is 1. The van der Waals surface area contributed by atoms with Gasteiger partial charge >= 0.3 is 0 Å². The molecule has 0 saturated heterocycles. The van der Waals surface area contributed by atoms with Gasteiger partial charge in [0.25, 0.3) is 0 Å². The Bertz CT molecular complexity index is 581. The first kappa shape index (κ1) is 16.0. The van der Waals surface area contributed by atoms with Crippen LogP contribution in [0.25, 0.3) is 0 Å². The molecular weight excluding hydrogens is 338 g/mol. The molecule has 0 aliphatic heterocycles. The topological polar surface area (TPSA) is 9.23 Å². The van der Waals surface area contributed by atoms with Crippen molar-refractivity contribution >= 4 is 15.9 Å². The second-order valence-corrected chi connectivity index (χ2v) is 5.67. The van der Waals surface area contributed by atoms with E-state index in [-0.39, 0.29) is 5.92 Å². The van der Waals surface area contributed by atoms with Gasteiger partial charge in [0, 0.05) is 11.4 Å². The lowest BCUT2D eigenvalue weighted by Crippen LogP contribution is -2.11. The van der Waals surface area contributed by atoms with Gasteiger partial charge in [-0.05, 0) is 48.1 Å². The molecule has 1 unspecified atom stereocenters. The zero-order chi connectivity index (χ0) is 15.2. The molecule has 2 aromatic rings. The zero-order valence-electron chi connectivity index (χ0n) is 11.8. The highest BCUT2D eigenvalue weighted by Gasteiger charge is 2.13. The van der Waals surface area contributed by atoms with Crippen LogP contribution in [0.4, 0.5) is 8.78 Å². The van der Waals surface area contributed by atoms with Gasteiger partial charge in [0.2, 0.25) is 0 Å². The molecule has 0 saturated carbocycles. The lowest BCUT2D eigenvalue weighted by atomic mass is 9.93. The number of ether oxygens (including phenoxy) is 1. The SMILES string of the molecule is COc1ccccc1CC(CBr)Cc1cc(F)cc(F)c1. The van der Waals surface area contributed by atoms with Crippen molar-refractivity contribution in [2.24, 2.45) is 5.92 Å². The summed E-state index contributed by atoms with van der Waals surface area (Å²) in [6.45, 7) is 0. The molecule has 0 amide bonds. The first-order chi connectivity index (χ1) is 10.1. The molecule has 0 spiro atoms. The minimum atomic E-state index is -0.532. The fourth-order valence-electron chi connectivity index (χ4n) is 2.43. The third kappa shape index (κ3) is 4.53. The monoisotopic (exact) mass is 354 g/mol. The van der Waals surface area contributed by atoms with Gasteiger partial charge in [-0.2, -0.15) is 0 Å². The number of methoxy groups -OCH3 is 1. The number of halogens is 3. The van der Waals surface area contributed by atoms with E-state index in [1.165, 1.54) is 12.1 Å². The lowest BCUT2D eigenvalue weighted by molar-refractivity contribution is 0.405. The molecule has 21 heavy (non-hydrogen) atoms. The summed E-state index contributed by atoms with van der Waals surface area (Å²) in [6.07, 6.45) is 1.39. The summed E-state index contributed by atoms with van der Waals surface area (Å²) >= 11 is 3.49. The maximum Gasteiger partial charge on any atom is 0.126 e. The molecule has 2 rings (SSSR count). The van der Waals surface area contributed by atoms with E-state index in [0.29, 0.717) is 12.0 Å². The molecule has 1 atom stereocenters. The highest BCUT2D eigenvalue weighted by molar-refractivity contribution is 9.09. The van der Waals surface area contributed by atoms with Gasteiger partial charge in [0.1, 0.15) is 17.4 Å². The van der Waals surface area contributed by atoms with Crippen molar-refractivity contribution in [3.05, 3.63) is 65.2 Å². The predicted octanol–water partition coefficient (Wildman–Crippen LogP) is 4.77. The Hall–Kier alpha value is -1.42. The van der Waals surface area contributed by atoms with Gasteiger partial charge in [0.15, 0.2) is 0 Å². The maximum absolute atomic E-state index is 13.3. The molecular formula is C17H17BrF2O. The van der Waals surface area contributed by atoms with Gasteiger partial charge in [-0.25, -0.2) is 8.78 Å². The molecule has 0 aromatic heterocycles. The summed E-state index contributed by atoms with van der Waals surface area (Å²) in [4.78, 5) is 0. The largest absolute Gasteiger partial charge is 0.496 e. The smallest absolute Gasteiger partial charge is 0.126 e.